The molecule has 0 aromatic rings. The van der Waals surface area contributed by atoms with Crippen LogP contribution in [0.25, 0.3) is 0 Å². The average Bonchev–Trinajstić information content (AvgIpc) is 2.20. The molecule has 0 N–H and O–H groups in total. The lowest BCUT2D eigenvalue weighted by atomic mass is 9.80. The van der Waals surface area contributed by atoms with Crippen molar-refractivity contribution in [2.24, 2.45) is 5.41 Å². The van der Waals surface area contributed by atoms with Gasteiger partial charge in [-0.3, -0.25) is 0 Å². The van der Waals surface area contributed by atoms with Gasteiger partial charge in [-0.25, -0.2) is 0 Å². The summed E-state index contributed by atoms with van der Waals surface area (Å²) in [5.74, 6) is -4.89. The number of hydrogen-bond acceptors (Lipinski definition) is 4. The van der Waals surface area contributed by atoms with Crippen LogP contribution in [-0.2, 0) is 18.9 Å². The zero-order valence-corrected chi connectivity index (χ0v) is 10.1. The third-order valence-electron chi connectivity index (χ3n) is 2.83. The van der Waals surface area contributed by atoms with Gasteiger partial charge in [-0.2, -0.15) is 43.9 Å². The molecule has 0 saturated carbocycles. The minimum absolute atomic E-state index is 1.98. The average molecular weight is 364 g/mol. The highest BCUT2D eigenvalue weighted by atomic mass is 19.3. The molecule has 2 rings (SSSR count). The fourth-order valence-electron chi connectivity index (χ4n) is 1.96. The van der Waals surface area contributed by atoms with Crippen LogP contribution in [0.15, 0.2) is 24.6 Å². The van der Waals surface area contributed by atoms with E-state index in [1.807, 2.05) is 0 Å². The molecule has 0 radical (unpaired) electrons. The molecule has 1 spiro atoms. The van der Waals surface area contributed by atoms with Crippen molar-refractivity contribution in [2.45, 2.75) is 24.4 Å². The van der Waals surface area contributed by atoms with Gasteiger partial charge in [0.25, 0.3) is 5.95 Å². The number of ether oxygens (including phenoxy) is 4. The van der Waals surface area contributed by atoms with E-state index < -0.39 is 47.8 Å². The molecule has 0 amide bonds. The number of hydrogen-bond donors (Lipinski definition) is 0. The Morgan fingerprint density at radius 1 is 0.652 bits per heavy atom. The summed E-state index contributed by atoms with van der Waals surface area (Å²) in [5, 5.41) is 0. The Morgan fingerprint density at radius 2 is 0.957 bits per heavy atom. The standard InChI is InChI=1S/C9H2F10O4/c1-2-20-6(12,13)5(7(14,15)21-2)8(16,17)22-4(3(10)11)23-9(5,18)19/h1H2. The second-order valence-corrected chi connectivity index (χ2v) is 4.15. The van der Waals surface area contributed by atoms with Crippen LogP contribution in [0.1, 0.15) is 0 Å². The van der Waals surface area contributed by atoms with Crippen LogP contribution in [-0.4, -0.2) is 24.4 Å². The van der Waals surface area contributed by atoms with E-state index in [-0.39, 0.29) is 0 Å². The second-order valence-electron chi connectivity index (χ2n) is 4.15. The van der Waals surface area contributed by atoms with Gasteiger partial charge in [0.05, 0.1) is 0 Å². The summed E-state index contributed by atoms with van der Waals surface area (Å²) in [6, 6.07) is 0. The third kappa shape index (κ3) is 1.92. The summed E-state index contributed by atoms with van der Waals surface area (Å²) in [5.41, 5.74) is -6.26. The predicted octanol–water partition coefficient (Wildman–Crippen LogP) is 3.97. The van der Waals surface area contributed by atoms with Gasteiger partial charge in [-0.05, 0) is 6.58 Å². The second kappa shape index (κ2) is 4.29. The lowest BCUT2D eigenvalue weighted by molar-refractivity contribution is -0.599. The van der Waals surface area contributed by atoms with Gasteiger partial charge in [0.1, 0.15) is 0 Å². The SMILES string of the molecule is C=C1OC(F)(F)C2(C(F)(F)O1)C(F)(F)OC(=C(F)F)OC2(F)F. The summed E-state index contributed by atoms with van der Waals surface area (Å²) in [6.45, 7) is 2.32. The van der Waals surface area contributed by atoms with Gasteiger partial charge in [0.2, 0.25) is 0 Å². The summed E-state index contributed by atoms with van der Waals surface area (Å²) >= 11 is 0. The van der Waals surface area contributed by atoms with Gasteiger partial charge in [0, 0.05) is 0 Å². The molecule has 2 aliphatic heterocycles. The summed E-state index contributed by atoms with van der Waals surface area (Å²) in [7, 11) is 0. The van der Waals surface area contributed by atoms with Crippen LogP contribution in [0.5, 0.6) is 0 Å². The zero-order valence-electron chi connectivity index (χ0n) is 10.1. The van der Waals surface area contributed by atoms with Crippen LogP contribution in [0, 0.1) is 5.41 Å². The highest BCUT2D eigenvalue weighted by Gasteiger charge is 3.00. The predicted molar refractivity (Wildman–Crippen MR) is 44.9 cm³/mol. The Bertz CT molecular complexity index is 537. The molecule has 23 heavy (non-hydrogen) atoms. The molecule has 2 aliphatic rings. The van der Waals surface area contributed by atoms with Gasteiger partial charge in [0.15, 0.2) is 0 Å². The monoisotopic (exact) mass is 364 g/mol. The molecular weight excluding hydrogens is 362 g/mol. The Kier molecular flexibility index (Phi) is 3.23. The first-order chi connectivity index (χ1) is 10.1. The van der Waals surface area contributed by atoms with E-state index in [2.05, 4.69) is 25.5 Å². The van der Waals surface area contributed by atoms with E-state index in [1.54, 1.807) is 0 Å². The van der Waals surface area contributed by atoms with E-state index in [4.69, 9.17) is 0 Å². The lowest BCUT2D eigenvalue weighted by Crippen LogP contribution is -2.77. The van der Waals surface area contributed by atoms with E-state index in [9.17, 15) is 43.9 Å². The molecule has 14 heteroatoms. The number of halogens is 10. The molecule has 0 aromatic heterocycles. The molecule has 0 unspecified atom stereocenters. The maximum atomic E-state index is 13.7. The highest BCUT2D eigenvalue weighted by Crippen LogP contribution is 2.70. The van der Waals surface area contributed by atoms with Crippen molar-refractivity contribution in [1.29, 1.82) is 0 Å². The van der Waals surface area contributed by atoms with E-state index in [1.165, 1.54) is 0 Å². The first-order valence-corrected chi connectivity index (χ1v) is 5.13. The maximum Gasteiger partial charge on any atom is 0.436 e. The van der Waals surface area contributed by atoms with Crippen molar-refractivity contribution in [3.05, 3.63) is 24.6 Å². The smallest absolute Gasteiger partial charge is 0.400 e. The molecule has 2 heterocycles. The maximum absolute atomic E-state index is 13.7. The van der Waals surface area contributed by atoms with Crippen molar-refractivity contribution < 1.29 is 62.9 Å². The third-order valence-corrected chi connectivity index (χ3v) is 2.83. The Hall–Kier alpha value is -2.02. The fourth-order valence-corrected chi connectivity index (χ4v) is 1.96. The summed E-state index contributed by atoms with van der Waals surface area (Å²) < 4.78 is 145. The minimum atomic E-state index is -6.32. The van der Waals surface area contributed by atoms with Gasteiger partial charge >= 0.3 is 41.9 Å². The summed E-state index contributed by atoms with van der Waals surface area (Å²) in [6.07, 6.45) is -28.3. The highest BCUT2D eigenvalue weighted by molar-refractivity contribution is 5.14. The van der Waals surface area contributed by atoms with Crippen molar-refractivity contribution >= 4 is 0 Å². The molecule has 0 atom stereocenters. The molecule has 0 aliphatic carbocycles. The number of alkyl halides is 8. The lowest BCUT2D eigenvalue weighted by Gasteiger charge is -2.52. The summed E-state index contributed by atoms with van der Waals surface area (Å²) in [4.78, 5) is 0. The molecular formula is C9H2F10O4. The Labute approximate surface area is 118 Å². The zero-order chi connectivity index (χ0) is 18.1. The van der Waals surface area contributed by atoms with Gasteiger partial charge in [-0.15, -0.1) is 0 Å². The van der Waals surface area contributed by atoms with E-state index in [0.717, 1.165) is 0 Å². The fraction of sp³-hybridized carbons (Fsp3) is 0.556. The van der Waals surface area contributed by atoms with Gasteiger partial charge in [-0.1, -0.05) is 0 Å². The van der Waals surface area contributed by atoms with Crippen LogP contribution in [0.3, 0.4) is 0 Å². The van der Waals surface area contributed by atoms with Crippen LogP contribution in [0.4, 0.5) is 43.9 Å². The van der Waals surface area contributed by atoms with Crippen LogP contribution < -0.4 is 0 Å². The van der Waals surface area contributed by atoms with Crippen molar-refractivity contribution in [3.8, 4) is 0 Å². The molecule has 0 bridgehead atoms. The van der Waals surface area contributed by atoms with Crippen molar-refractivity contribution in [1.82, 2.24) is 0 Å². The molecule has 2 saturated heterocycles. The van der Waals surface area contributed by atoms with E-state index >= 15 is 0 Å². The Balaban J connectivity index is 2.79. The Morgan fingerprint density at radius 3 is 1.26 bits per heavy atom. The molecule has 132 valence electrons. The van der Waals surface area contributed by atoms with Crippen LogP contribution in [0.2, 0.25) is 0 Å². The van der Waals surface area contributed by atoms with Gasteiger partial charge < -0.3 is 18.9 Å². The first-order valence-electron chi connectivity index (χ1n) is 5.13. The first kappa shape index (κ1) is 17.3. The topological polar surface area (TPSA) is 36.9 Å². The minimum Gasteiger partial charge on any atom is -0.400 e. The largest absolute Gasteiger partial charge is 0.436 e. The van der Waals surface area contributed by atoms with Crippen molar-refractivity contribution in [2.75, 3.05) is 0 Å². The quantitative estimate of drug-likeness (QED) is 0.610. The van der Waals surface area contributed by atoms with E-state index in [0.29, 0.717) is 0 Å². The van der Waals surface area contributed by atoms with Crippen LogP contribution >= 0.6 is 0 Å². The molecule has 0 aromatic carbocycles. The molecule has 4 nitrogen and oxygen atoms in total. The normalized spacial score (nSPS) is 29.0. The molecule has 2 fully saturated rings. The van der Waals surface area contributed by atoms with Crippen molar-refractivity contribution in [3.63, 3.8) is 0 Å². The number of rotatable bonds is 0.